The van der Waals surface area contributed by atoms with E-state index in [4.69, 9.17) is 4.74 Å². The summed E-state index contributed by atoms with van der Waals surface area (Å²) in [5.74, 6) is 1.34. The Kier molecular flexibility index (Phi) is 4.18. The molecule has 0 aromatic heterocycles. The zero-order valence-corrected chi connectivity index (χ0v) is 13.4. The van der Waals surface area contributed by atoms with Gasteiger partial charge < -0.3 is 9.84 Å². The highest BCUT2D eigenvalue weighted by atomic mass is 16.5. The first-order chi connectivity index (χ1) is 11.2. The molecule has 0 bridgehead atoms. The summed E-state index contributed by atoms with van der Waals surface area (Å²) in [4.78, 5) is 0. The number of hydrogen-bond acceptors (Lipinski definition) is 2. The van der Waals surface area contributed by atoms with Gasteiger partial charge in [0.15, 0.2) is 0 Å². The lowest BCUT2D eigenvalue weighted by molar-refractivity contribution is 0.109. The smallest absolute Gasteiger partial charge is 0.147 e. The minimum Gasteiger partial charge on any atom is -0.457 e. The van der Waals surface area contributed by atoms with Gasteiger partial charge >= 0.3 is 0 Å². The number of para-hydroxylation sites is 1. The molecule has 3 rings (SSSR count). The number of aliphatic hydroxyl groups is 1. The average Bonchev–Trinajstić information content (AvgIpc) is 2.59. The van der Waals surface area contributed by atoms with E-state index in [9.17, 15) is 5.11 Å². The number of allylic oxidation sites excluding steroid dienone is 3. The predicted octanol–water partition coefficient (Wildman–Crippen LogP) is 4.72. The van der Waals surface area contributed by atoms with Gasteiger partial charge in [-0.15, -0.1) is 0 Å². The van der Waals surface area contributed by atoms with E-state index in [1.165, 1.54) is 0 Å². The van der Waals surface area contributed by atoms with Crippen LogP contribution in [0.2, 0.25) is 0 Å². The summed E-state index contributed by atoms with van der Waals surface area (Å²) in [5.41, 5.74) is 1.08. The summed E-state index contributed by atoms with van der Waals surface area (Å²) >= 11 is 0. The quantitative estimate of drug-likeness (QED) is 0.889. The number of benzene rings is 2. The topological polar surface area (TPSA) is 29.5 Å². The van der Waals surface area contributed by atoms with Crippen molar-refractivity contribution in [2.24, 2.45) is 0 Å². The van der Waals surface area contributed by atoms with Crippen LogP contribution in [-0.2, 0) is 5.60 Å². The Morgan fingerprint density at radius 1 is 0.870 bits per heavy atom. The molecule has 1 atom stereocenters. The molecular formula is C21H20O2. The van der Waals surface area contributed by atoms with Gasteiger partial charge in [-0.05, 0) is 31.6 Å². The maximum Gasteiger partial charge on any atom is 0.147 e. The van der Waals surface area contributed by atoms with Crippen LogP contribution >= 0.6 is 0 Å². The molecule has 1 aliphatic heterocycles. The second kappa shape index (κ2) is 6.27. The van der Waals surface area contributed by atoms with Crippen LogP contribution in [0.3, 0.4) is 0 Å². The maximum absolute atomic E-state index is 11.8. The molecule has 0 fully saturated rings. The van der Waals surface area contributed by atoms with E-state index >= 15 is 0 Å². The molecule has 2 nitrogen and oxygen atoms in total. The summed E-state index contributed by atoms with van der Waals surface area (Å²) < 4.78 is 6.04. The number of ether oxygens (including phenoxy) is 1. The van der Waals surface area contributed by atoms with Crippen molar-refractivity contribution in [2.75, 3.05) is 0 Å². The van der Waals surface area contributed by atoms with Crippen molar-refractivity contribution in [2.45, 2.75) is 19.4 Å². The standard InChI is InChI=1S/C21H20O2/c1-3-10-17-19(11-4-2)23-20-15-9-8-14-18(20)21(17,22)16-12-6-5-7-13-16/h3-15,22H,1-2H3/b10-3-,11-4-. The molecule has 2 aromatic rings. The normalized spacial score (nSPS) is 20.8. The third-order valence-electron chi connectivity index (χ3n) is 3.99. The minimum absolute atomic E-state index is 0.663. The molecule has 2 heteroatoms. The zero-order chi connectivity index (χ0) is 16.3. The number of hydrogen-bond donors (Lipinski definition) is 1. The van der Waals surface area contributed by atoms with E-state index in [0.717, 1.165) is 16.7 Å². The van der Waals surface area contributed by atoms with E-state index in [-0.39, 0.29) is 0 Å². The van der Waals surface area contributed by atoms with Crippen LogP contribution in [0.25, 0.3) is 0 Å². The van der Waals surface area contributed by atoms with E-state index < -0.39 is 5.60 Å². The van der Waals surface area contributed by atoms with Gasteiger partial charge in [-0.3, -0.25) is 0 Å². The first-order valence-electron chi connectivity index (χ1n) is 7.77. The van der Waals surface area contributed by atoms with Crippen molar-refractivity contribution in [1.82, 2.24) is 0 Å². The average molecular weight is 304 g/mol. The van der Waals surface area contributed by atoms with Gasteiger partial charge in [0, 0.05) is 11.1 Å². The summed E-state index contributed by atoms with van der Waals surface area (Å²) in [6.45, 7) is 3.87. The molecule has 1 unspecified atom stereocenters. The highest BCUT2D eigenvalue weighted by Crippen LogP contribution is 2.47. The SMILES string of the molecule is C/C=C\C1=C(/C=C\C)C(O)(c2ccccc2)c2ccccc2O1. The van der Waals surface area contributed by atoms with Crippen molar-refractivity contribution >= 4 is 0 Å². The van der Waals surface area contributed by atoms with Gasteiger partial charge in [0.25, 0.3) is 0 Å². The Bertz CT molecular complexity index is 784. The lowest BCUT2D eigenvalue weighted by Crippen LogP contribution is -2.34. The third-order valence-corrected chi connectivity index (χ3v) is 3.99. The molecule has 0 aliphatic carbocycles. The van der Waals surface area contributed by atoms with Gasteiger partial charge in [0.1, 0.15) is 17.1 Å². The number of fused-ring (bicyclic) bond motifs is 1. The Morgan fingerprint density at radius 2 is 1.52 bits per heavy atom. The van der Waals surface area contributed by atoms with E-state index in [1.807, 2.05) is 92.7 Å². The second-order valence-corrected chi connectivity index (χ2v) is 5.45. The van der Waals surface area contributed by atoms with E-state index in [0.29, 0.717) is 11.5 Å². The van der Waals surface area contributed by atoms with Crippen molar-refractivity contribution < 1.29 is 9.84 Å². The minimum atomic E-state index is -1.24. The summed E-state index contributed by atoms with van der Waals surface area (Å²) in [6, 6.07) is 17.4. The highest BCUT2D eigenvalue weighted by Gasteiger charge is 2.42. The highest BCUT2D eigenvalue weighted by molar-refractivity contribution is 5.59. The molecule has 0 saturated heterocycles. The van der Waals surface area contributed by atoms with Crippen molar-refractivity contribution in [3.63, 3.8) is 0 Å². The number of rotatable bonds is 3. The lowest BCUT2D eigenvalue weighted by Gasteiger charge is -2.36. The summed E-state index contributed by atoms with van der Waals surface area (Å²) in [7, 11) is 0. The Balaban J connectivity index is 2.35. The van der Waals surface area contributed by atoms with Crippen molar-refractivity contribution in [1.29, 1.82) is 0 Å². The van der Waals surface area contributed by atoms with Gasteiger partial charge in [-0.2, -0.15) is 0 Å². The van der Waals surface area contributed by atoms with Crippen LogP contribution in [0.5, 0.6) is 5.75 Å². The third kappa shape index (κ3) is 2.51. The molecular weight excluding hydrogens is 284 g/mol. The predicted molar refractivity (Wildman–Crippen MR) is 93.2 cm³/mol. The van der Waals surface area contributed by atoms with Gasteiger partial charge in [0.2, 0.25) is 0 Å². The fourth-order valence-electron chi connectivity index (χ4n) is 2.99. The molecule has 1 heterocycles. The largest absolute Gasteiger partial charge is 0.457 e. The van der Waals surface area contributed by atoms with Crippen molar-refractivity contribution in [3.05, 3.63) is 101 Å². The van der Waals surface area contributed by atoms with Crippen LogP contribution in [0.4, 0.5) is 0 Å². The fraction of sp³-hybridized carbons (Fsp3) is 0.143. The summed E-state index contributed by atoms with van der Waals surface area (Å²) in [5, 5.41) is 11.8. The van der Waals surface area contributed by atoms with Crippen LogP contribution in [-0.4, -0.2) is 5.11 Å². The van der Waals surface area contributed by atoms with Gasteiger partial charge in [0.05, 0.1) is 0 Å². The van der Waals surface area contributed by atoms with Crippen LogP contribution < -0.4 is 4.74 Å². The van der Waals surface area contributed by atoms with Crippen LogP contribution in [0, 0.1) is 0 Å². The first kappa shape index (κ1) is 15.3. The van der Waals surface area contributed by atoms with E-state index in [1.54, 1.807) is 0 Å². The molecule has 0 amide bonds. The molecule has 1 aliphatic rings. The Morgan fingerprint density at radius 3 is 2.22 bits per heavy atom. The molecule has 0 spiro atoms. The molecule has 0 saturated carbocycles. The lowest BCUT2D eigenvalue weighted by atomic mass is 9.77. The molecule has 1 N–H and O–H groups in total. The fourth-order valence-corrected chi connectivity index (χ4v) is 2.99. The molecule has 2 aromatic carbocycles. The van der Waals surface area contributed by atoms with Crippen LogP contribution in [0.15, 0.2) is 90.2 Å². The molecule has 0 radical (unpaired) electrons. The van der Waals surface area contributed by atoms with Crippen molar-refractivity contribution in [3.8, 4) is 5.75 Å². The Hall–Kier alpha value is -2.58. The van der Waals surface area contributed by atoms with Crippen LogP contribution in [0.1, 0.15) is 25.0 Å². The monoisotopic (exact) mass is 304 g/mol. The first-order valence-corrected chi connectivity index (χ1v) is 7.77. The zero-order valence-electron chi connectivity index (χ0n) is 13.4. The molecule has 23 heavy (non-hydrogen) atoms. The second-order valence-electron chi connectivity index (χ2n) is 5.45. The van der Waals surface area contributed by atoms with E-state index in [2.05, 4.69) is 0 Å². The maximum atomic E-state index is 11.8. The Labute approximate surface area is 137 Å². The van der Waals surface area contributed by atoms with Gasteiger partial charge in [-0.1, -0.05) is 66.8 Å². The summed E-state index contributed by atoms with van der Waals surface area (Å²) in [6.07, 6.45) is 7.64. The molecule has 116 valence electrons. The van der Waals surface area contributed by atoms with Gasteiger partial charge in [-0.25, -0.2) is 0 Å².